The second-order valence-electron chi connectivity index (χ2n) is 4.43. The molecule has 0 saturated heterocycles. The normalized spacial score (nSPS) is 10.7. The van der Waals surface area contributed by atoms with Crippen molar-refractivity contribution in [2.24, 2.45) is 0 Å². The lowest BCUT2D eigenvalue weighted by atomic mass is 10.1. The molecule has 0 aliphatic heterocycles. The highest BCUT2D eigenvalue weighted by Gasteiger charge is 2.07. The monoisotopic (exact) mass is 244 g/mol. The van der Waals surface area contributed by atoms with Crippen LogP contribution in [0.2, 0.25) is 0 Å². The van der Waals surface area contributed by atoms with Gasteiger partial charge < -0.3 is 5.11 Å². The van der Waals surface area contributed by atoms with Gasteiger partial charge in [-0.1, -0.05) is 6.07 Å². The van der Waals surface area contributed by atoms with Crippen LogP contribution in [0.25, 0.3) is 5.69 Å². The number of aliphatic hydroxyl groups is 1. The van der Waals surface area contributed by atoms with Gasteiger partial charge in [0, 0.05) is 11.6 Å². The first-order chi connectivity index (χ1) is 8.52. The highest BCUT2D eigenvalue weighted by Crippen LogP contribution is 2.12. The summed E-state index contributed by atoms with van der Waals surface area (Å²) in [5.74, 6) is 0. The number of benzene rings is 1. The van der Waals surface area contributed by atoms with E-state index in [1.165, 1.54) is 16.3 Å². The molecule has 0 saturated carbocycles. The molecule has 0 bridgehead atoms. The number of aryl methyl sites for hydroxylation is 3. The Morgan fingerprint density at radius 1 is 1.17 bits per heavy atom. The van der Waals surface area contributed by atoms with E-state index in [1.54, 1.807) is 6.92 Å². The van der Waals surface area contributed by atoms with Crippen molar-refractivity contribution in [3.8, 4) is 5.69 Å². The molecule has 2 rings (SSSR count). The molecule has 1 heterocycles. The van der Waals surface area contributed by atoms with E-state index in [0.717, 1.165) is 11.3 Å². The topological polar surface area (TPSA) is 55.1 Å². The molecule has 0 unspecified atom stereocenters. The summed E-state index contributed by atoms with van der Waals surface area (Å²) in [6, 6.07) is 7.20. The summed E-state index contributed by atoms with van der Waals surface area (Å²) < 4.78 is 1.36. The number of aliphatic hydroxyl groups excluding tert-OH is 1. The van der Waals surface area contributed by atoms with E-state index in [2.05, 4.69) is 5.10 Å². The molecule has 1 N–H and O–H groups in total. The van der Waals surface area contributed by atoms with Crippen molar-refractivity contribution in [2.75, 3.05) is 0 Å². The molecule has 0 spiro atoms. The summed E-state index contributed by atoms with van der Waals surface area (Å²) in [4.78, 5) is 11.9. The molecule has 18 heavy (non-hydrogen) atoms. The Morgan fingerprint density at radius 2 is 1.89 bits per heavy atom. The lowest BCUT2D eigenvalue weighted by Gasteiger charge is -2.09. The summed E-state index contributed by atoms with van der Waals surface area (Å²) in [5, 5.41) is 13.3. The first-order valence-electron chi connectivity index (χ1n) is 5.81. The van der Waals surface area contributed by atoms with Gasteiger partial charge in [-0.25, -0.2) is 0 Å². The summed E-state index contributed by atoms with van der Waals surface area (Å²) in [6.45, 7) is 5.64. The number of hydrogen-bond acceptors (Lipinski definition) is 3. The minimum Gasteiger partial charge on any atom is -0.392 e. The van der Waals surface area contributed by atoms with Crippen LogP contribution in [-0.4, -0.2) is 14.9 Å². The summed E-state index contributed by atoms with van der Waals surface area (Å²) in [6.07, 6.45) is 0. The molecule has 0 fully saturated rings. The average molecular weight is 244 g/mol. The third kappa shape index (κ3) is 2.19. The maximum absolute atomic E-state index is 11.9. The van der Waals surface area contributed by atoms with Crippen molar-refractivity contribution in [3.05, 3.63) is 57.0 Å². The highest BCUT2D eigenvalue weighted by molar-refractivity contribution is 5.39. The van der Waals surface area contributed by atoms with Crippen LogP contribution in [0.3, 0.4) is 0 Å². The van der Waals surface area contributed by atoms with E-state index < -0.39 is 0 Å². The fraction of sp³-hybridized carbons (Fsp3) is 0.286. The van der Waals surface area contributed by atoms with Crippen LogP contribution in [0.4, 0.5) is 0 Å². The van der Waals surface area contributed by atoms with Gasteiger partial charge in [-0.15, -0.1) is 0 Å². The second-order valence-corrected chi connectivity index (χ2v) is 4.43. The molecule has 0 amide bonds. The van der Waals surface area contributed by atoms with Crippen LogP contribution < -0.4 is 5.56 Å². The smallest absolute Gasteiger partial charge is 0.271 e. The highest BCUT2D eigenvalue weighted by atomic mass is 16.3. The molecule has 1 aromatic carbocycles. The molecule has 0 radical (unpaired) electrons. The van der Waals surface area contributed by atoms with E-state index in [-0.39, 0.29) is 12.2 Å². The second kappa shape index (κ2) is 4.74. The lowest BCUT2D eigenvalue weighted by molar-refractivity contribution is 0.279. The van der Waals surface area contributed by atoms with E-state index >= 15 is 0 Å². The third-order valence-corrected chi connectivity index (χ3v) is 3.13. The average Bonchev–Trinajstić information content (AvgIpc) is 2.35. The van der Waals surface area contributed by atoms with Crippen LogP contribution in [0.15, 0.2) is 29.1 Å². The standard InChI is InChI=1S/C14H16N2O2/c1-9-4-5-13(6-10(9)2)16-14(18)7-12(8-17)11(3)15-16/h4-7,17H,8H2,1-3H3. The Labute approximate surface area is 106 Å². The number of hydrogen-bond donors (Lipinski definition) is 1. The van der Waals surface area contributed by atoms with Crippen LogP contribution in [0.5, 0.6) is 0 Å². The Hall–Kier alpha value is -1.94. The van der Waals surface area contributed by atoms with Crippen LogP contribution >= 0.6 is 0 Å². The first-order valence-corrected chi connectivity index (χ1v) is 5.81. The molecular formula is C14H16N2O2. The Balaban J connectivity index is 2.61. The minimum absolute atomic E-state index is 0.165. The Kier molecular flexibility index (Phi) is 3.30. The van der Waals surface area contributed by atoms with E-state index in [9.17, 15) is 4.79 Å². The van der Waals surface area contributed by atoms with Gasteiger partial charge in [0.25, 0.3) is 5.56 Å². The van der Waals surface area contributed by atoms with Crippen molar-refractivity contribution in [1.82, 2.24) is 9.78 Å². The third-order valence-electron chi connectivity index (χ3n) is 3.13. The minimum atomic E-state index is -0.229. The van der Waals surface area contributed by atoms with Crippen molar-refractivity contribution < 1.29 is 5.11 Å². The zero-order valence-corrected chi connectivity index (χ0v) is 10.8. The molecule has 0 aliphatic rings. The van der Waals surface area contributed by atoms with E-state index in [1.807, 2.05) is 32.0 Å². The van der Waals surface area contributed by atoms with Crippen molar-refractivity contribution >= 4 is 0 Å². The maximum Gasteiger partial charge on any atom is 0.271 e. The number of nitrogens with zero attached hydrogens (tertiary/aromatic N) is 2. The van der Waals surface area contributed by atoms with Gasteiger partial charge in [0.2, 0.25) is 0 Å². The van der Waals surface area contributed by atoms with E-state index in [4.69, 9.17) is 5.11 Å². The summed E-state index contributed by atoms with van der Waals surface area (Å²) in [7, 11) is 0. The lowest BCUT2D eigenvalue weighted by Crippen LogP contribution is -2.22. The summed E-state index contributed by atoms with van der Waals surface area (Å²) in [5.41, 5.74) is 4.04. The zero-order valence-electron chi connectivity index (χ0n) is 10.8. The van der Waals surface area contributed by atoms with Crippen molar-refractivity contribution in [2.45, 2.75) is 27.4 Å². The van der Waals surface area contributed by atoms with Gasteiger partial charge in [0.15, 0.2) is 0 Å². The van der Waals surface area contributed by atoms with Crippen molar-refractivity contribution in [3.63, 3.8) is 0 Å². The molecule has 4 nitrogen and oxygen atoms in total. The predicted octanol–water partition coefficient (Wildman–Crippen LogP) is 1.65. The molecule has 94 valence electrons. The largest absolute Gasteiger partial charge is 0.392 e. The van der Waals surface area contributed by atoms with Gasteiger partial charge in [-0.3, -0.25) is 4.79 Å². The maximum atomic E-state index is 11.9. The quantitative estimate of drug-likeness (QED) is 0.874. The van der Waals surface area contributed by atoms with Gasteiger partial charge in [0.05, 0.1) is 18.0 Å². The zero-order chi connectivity index (χ0) is 13.3. The fourth-order valence-corrected chi connectivity index (χ4v) is 1.78. The number of aromatic nitrogens is 2. The first kappa shape index (κ1) is 12.5. The molecule has 1 aromatic heterocycles. The molecule has 0 atom stereocenters. The predicted molar refractivity (Wildman–Crippen MR) is 70.0 cm³/mol. The van der Waals surface area contributed by atoms with Crippen molar-refractivity contribution in [1.29, 1.82) is 0 Å². The van der Waals surface area contributed by atoms with E-state index in [0.29, 0.717) is 11.3 Å². The Morgan fingerprint density at radius 3 is 2.50 bits per heavy atom. The summed E-state index contributed by atoms with van der Waals surface area (Å²) >= 11 is 0. The van der Waals surface area contributed by atoms with Gasteiger partial charge in [0.1, 0.15) is 0 Å². The fourth-order valence-electron chi connectivity index (χ4n) is 1.78. The molecule has 2 aromatic rings. The van der Waals surface area contributed by atoms with Gasteiger partial charge in [-0.05, 0) is 44.0 Å². The van der Waals surface area contributed by atoms with Gasteiger partial charge in [-0.2, -0.15) is 9.78 Å². The Bertz CT molecular complexity index is 645. The molecule has 0 aliphatic carbocycles. The number of rotatable bonds is 2. The van der Waals surface area contributed by atoms with Crippen LogP contribution in [0.1, 0.15) is 22.4 Å². The molecular weight excluding hydrogens is 228 g/mol. The SMILES string of the molecule is Cc1ccc(-n2nc(C)c(CO)cc2=O)cc1C. The van der Waals surface area contributed by atoms with Gasteiger partial charge >= 0.3 is 0 Å². The van der Waals surface area contributed by atoms with Crippen LogP contribution in [-0.2, 0) is 6.61 Å². The van der Waals surface area contributed by atoms with Crippen LogP contribution in [0, 0.1) is 20.8 Å². The molecule has 4 heteroatoms.